The van der Waals surface area contributed by atoms with Crippen molar-refractivity contribution < 1.29 is 14.7 Å². The number of carbonyl (C=O) groups excluding carboxylic acids is 1. The fourth-order valence-corrected chi connectivity index (χ4v) is 2.56. The van der Waals surface area contributed by atoms with Gasteiger partial charge in [0.25, 0.3) is 0 Å². The number of hydrogen-bond donors (Lipinski definition) is 2. The van der Waals surface area contributed by atoms with Crippen molar-refractivity contribution in [3.63, 3.8) is 0 Å². The van der Waals surface area contributed by atoms with Crippen LogP contribution in [0.15, 0.2) is 30.4 Å². The monoisotopic (exact) mass is 341 g/mol. The second-order valence-electron chi connectivity index (χ2n) is 6.01. The van der Waals surface area contributed by atoms with Crippen LogP contribution in [0.25, 0.3) is 0 Å². The maximum atomic E-state index is 12.1. The van der Waals surface area contributed by atoms with E-state index in [1.54, 1.807) is 18.2 Å². The zero-order chi connectivity index (χ0) is 16.5. The third kappa shape index (κ3) is 3.45. The largest absolute Gasteiger partial charge is 0.481 e. The molecular formula is C16H17Cl2NO3. The van der Waals surface area contributed by atoms with Crippen LogP contribution in [-0.4, -0.2) is 23.5 Å². The molecular weight excluding hydrogens is 325 g/mol. The Bertz CT molecular complexity index is 640. The maximum absolute atomic E-state index is 12.1. The van der Waals surface area contributed by atoms with Gasteiger partial charge in [0.15, 0.2) is 0 Å². The Hall–Kier alpha value is -1.52. The van der Waals surface area contributed by atoms with Crippen LogP contribution >= 0.6 is 23.2 Å². The average molecular weight is 342 g/mol. The van der Waals surface area contributed by atoms with E-state index in [4.69, 9.17) is 28.3 Å². The molecule has 2 atom stereocenters. The molecule has 6 heteroatoms. The number of nitrogens with one attached hydrogen (secondary N) is 1. The molecule has 0 saturated heterocycles. The molecule has 2 rings (SSSR count). The smallest absolute Gasteiger partial charge is 0.311 e. The minimum absolute atomic E-state index is 0.275. The van der Waals surface area contributed by atoms with Gasteiger partial charge in [0, 0.05) is 12.0 Å². The second-order valence-corrected chi connectivity index (χ2v) is 6.82. The van der Waals surface area contributed by atoms with Gasteiger partial charge in [-0.2, -0.15) is 0 Å². The van der Waals surface area contributed by atoms with Gasteiger partial charge in [-0.15, -0.1) is 0 Å². The molecule has 1 amide bonds. The summed E-state index contributed by atoms with van der Waals surface area (Å²) in [6, 6.07) is 5.36. The van der Waals surface area contributed by atoms with E-state index < -0.39 is 17.8 Å². The Balaban J connectivity index is 2.00. The molecule has 118 valence electrons. The Kier molecular flexibility index (Phi) is 4.83. The molecule has 0 fully saturated rings. The first kappa shape index (κ1) is 16.8. The van der Waals surface area contributed by atoms with Gasteiger partial charge in [0.2, 0.25) is 5.91 Å². The number of rotatable bonds is 5. The van der Waals surface area contributed by atoms with Gasteiger partial charge in [-0.3, -0.25) is 9.59 Å². The normalized spacial score (nSPS) is 20.4. The zero-order valence-corrected chi connectivity index (χ0v) is 13.8. The standard InChI is InChI=1S/C16H17Cl2NO3/c1-16(2,9-3-6-12(17)13(18)7-9)8-19-14(20)10-4-5-11(10)15(21)22/h3-7,10-11H,8H2,1-2H3,(H,19,20)(H,21,22)/t10-,11+/m1/s1. The molecule has 0 aromatic heterocycles. The molecule has 1 aromatic carbocycles. The summed E-state index contributed by atoms with van der Waals surface area (Å²) < 4.78 is 0. The van der Waals surface area contributed by atoms with E-state index in [0.717, 1.165) is 5.56 Å². The summed E-state index contributed by atoms with van der Waals surface area (Å²) in [5, 5.41) is 12.7. The van der Waals surface area contributed by atoms with Gasteiger partial charge in [-0.25, -0.2) is 0 Å². The lowest BCUT2D eigenvalue weighted by Crippen LogP contribution is -2.44. The highest BCUT2D eigenvalue weighted by molar-refractivity contribution is 6.42. The molecule has 0 unspecified atom stereocenters. The van der Waals surface area contributed by atoms with Crippen LogP contribution in [0.5, 0.6) is 0 Å². The first-order chi connectivity index (χ1) is 10.2. The van der Waals surface area contributed by atoms with E-state index >= 15 is 0 Å². The fourth-order valence-electron chi connectivity index (χ4n) is 2.26. The molecule has 0 bridgehead atoms. The van der Waals surface area contributed by atoms with E-state index in [0.29, 0.717) is 16.6 Å². The van der Waals surface area contributed by atoms with Crippen LogP contribution in [0, 0.1) is 11.8 Å². The van der Waals surface area contributed by atoms with Gasteiger partial charge >= 0.3 is 5.97 Å². The van der Waals surface area contributed by atoms with Crippen LogP contribution in [0.4, 0.5) is 0 Å². The minimum Gasteiger partial charge on any atom is -0.481 e. The van der Waals surface area contributed by atoms with Gasteiger partial charge < -0.3 is 10.4 Å². The van der Waals surface area contributed by atoms with Crippen molar-refractivity contribution in [2.45, 2.75) is 19.3 Å². The summed E-state index contributed by atoms with van der Waals surface area (Å²) in [4.78, 5) is 23.0. The number of amides is 1. The third-order valence-electron chi connectivity index (χ3n) is 3.91. The summed E-state index contributed by atoms with van der Waals surface area (Å²) in [7, 11) is 0. The number of aliphatic carboxylic acids is 1. The first-order valence-corrected chi connectivity index (χ1v) is 7.62. The summed E-state index contributed by atoms with van der Waals surface area (Å²) in [5.41, 5.74) is 0.594. The topological polar surface area (TPSA) is 66.4 Å². The van der Waals surface area contributed by atoms with Gasteiger partial charge in [0.1, 0.15) is 0 Å². The SMILES string of the molecule is CC(C)(CNC(=O)[C@@H]1C=C[C@@H]1C(=O)O)c1ccc(Cl)c(Cl)c1. The van der Waals surface area contributed by atoms with E-state index in [2.05, 4.69) is 5.32 Å². The van der Waals surface area contributed by atoms with Gasteiger partial charge in [-0.1, -0.05) is 55.3 Å². The molecule has 22 heavy (non-hydrogen) atoms. The van der Waals surface area contributed by atoms with Crippen molar-refractivity contribution in [3.05, 3.63) is 46.0 Å². The van der Waals surface area contributed by atoms with Crippen LogP contribution in [0.2, 0.25) is 10.0 Å². The number of hydrogen-bond acceptors (Lipinski definition) is 2. The quantitative estimate of drug-likeness (QED) is 0.807. The van der Waals surface area contributed by atoms with Crippen LogP contribution < -0.4 is 5.32 Å². The summed E-state index contributed by atoms with van der Waals surface area (Å²) in [6.45, 7) is 4.32. The molecule has 0 spiro atoms. The zero-order valence-electron chi connectivity index (χ0n) is 12.3. The molecule has 2 N–H and O–H groups in total. The lowest BCUT2D eigenvalue weighted by atomic mass is 9.80. The number of carboxylic acid groups (broad SMARTS) is 1. The van der Waals surface area contributed by atoms with Crippen molar-refractivity contribution in [3.8, 4) is 0 Å². The molecule has 1 aliphatic rings. The van der Waals surface area contributed by atoms with E-state index in [9.17, 15) is 9.59 Å². The number of carboxylic acids is 1. The molecule has 0 heterocycles. The van der Waals surface area contributed by atoms with Crippen molar-refractivity contribution in [2.75, 3.05) is 6.54 Å². The summed E-state index contributed by atoms with van der Waals surface area (Å²) >= 11 is 11.9. The number of halogens is 2. The second kappa shape index (κ2) is 6.31. The van der Waals surface area contributed by atoms with Crippen LogP contribution in [0.1, 0.15) is 19.4 Å². The number of carbonyl (C=O) groups is 2. The van der Waals surface area contributed by atoms with Crippen molar-refractivity contribution in [2.24, 2.45) is 11.8 Å². The van der Waals surface area contributed by atoms with E-state index in [1.165, 1.54) is 6.08 Å². The van der Waals surface area contributed by atoms with Gasteiger partial charge in [-0.05, 0) is 17.7 Å². The molecule has 0 saturated carbocycles. The molecule has 0 aliphatic heterocycles. The number of benzene rings is 1. The van der Waals surface area contributed by atoms with Crippen LogP contribution in [-0.2, 0) is 15.0 Å². The Morgan fingerprint density at radius 2 is 1.82 bits per heavy atom. The van der Waals surface area contributed by atoms with Crippen molar-refractivity contribution >= 4 is 35.1 Å². The lowest BCUT2D eigenvalue weighted by Gasteiger charge is -2.29. The predicted molar refractivity (Wildman–Crippen MR) is 86.3 cm³/mol. The summed E-state index contributed by atoms with van der Waals surface area (Å²) in [5.74, 6) is -2.58. The maximum Gasteiger partial charge on any atom is 0.311 e. The highest BCUT2D eigenvalue weighted by Gasteiger charge is 2.36. The average Bonchev–Trinajstić information content (AvgIpc) is 2.37. The van der Waals surface area contributed by atoms with Crippen molar-refractivity contribution in [1.82, 2.24) is 5.32 Å². The molecule has 0 radical (unpaired) electrons. The van der Waals surface area contributed by atoms with E-state index in [1.807, 2.05) is 19.9 Å². The predicted octanol–water partition coefficient (Wildman–Crippen LogP) is 3.27. The first-order valence-electron chi connectivity index (χ1n) is 6.87. The summed E-state index contributed by atoms with van der Waals surface area (Å²) in [6.07, 6.45) is 3.14. The van der Waals surface area contributed by atoms with E-state index in [-0.39, 0.29) is 11.3 Å². The Labute approximate surface area is 139 Å². The highest BCUT2D eigenvalue weighted by Crippen LogP contribution is 2.30. The molecule has 4 nitrogen and oxygen atoms in total. The van der Waals surface area contributed by atoms with Crippen molar-refractivity contribution in [1.29, 1.82) is 0 Å². The highest BCUT2D eigenvalue weighted by atomic mass is 35.5. The Morgan fingerprint density at radius 3 is 2.32 bits per heavy atom. The van der Waals surface area contributed by atoms with Crippen LogP contribution in [0.3, 0.4) is 0 Å². The minimum atomic E-state index is -0.980. The Morgan fingerprint density at radius 1 is 1.18 bits per heavy atom. The third-order valence-corrected chi connectivity index (χ3v) is 4.65. The fraction of sp³-hybridized carbons (Fsp3) is 0.375. The molecule has 1 aromatic rings. The van der Waals surface area contributed by atoms with Gasteiger partial charge in [0.05, 0.1) is 21.9 Å². The lowest BCUT2D eigenvalue weighted by molar-refractivity contribution is -0.145. The molecule has 1 aliphatic carbocycles.